The molecule has 8 nitrogen and oxygen atoms in total. The van der Waals surface area contributed by atoms with Gasteiger partial charge in [0.05, 0.1) is 17.2 Å². The first-order valence-corrected chi connectivity index (χ1v) is 17.9. The topological polar surface area (TPSA) is 96.0 Å². The second-order valence-corrected chi connectivity index (χ2v) is 13.9. The highest BCUT2D eigenvalue weighted by Gasteiger charge is 2.34. The van der Waals surface area contributed by atoms with Gasteiger partial charge in [-0.15, -0.1) is 11.8 Å². The third kappa shape index (κ3) is 8.49. The summed E-state index contributed by atoms with van der Waals surface area (Å²) in [7, 11) is -4.22. The first-order chi connectivity index (χ1) is 21.1. The fraction of sp³-hybridized carbons (Fsp3) is 0.394. The Balaban J connectivity index is 1.71. The van der Waals surface area contributed by atoms with E-state index in [0.717, 1.165) is 46.9 Å². The summed E-state index contributed by atoms with van der Waals surface area (Å²) in [6.45, 7) is 3.36. The van der Waals surface area contributed by atoms with Crippen LogP contribution in [-0.4, -0.2) is 56.6 Å². The number of carbonyl (C=O) groups excluding carboxylic acids is 2. The number of ether oxygens (including phenoxy) is 1. The summed E-state index contributed by atoms with van der Waals surface area (Å²) < 4.78 is 35.3. The highest BCUT2D eigenvalue weighted by Crippen LogP contribution is 2.33. The molecule has 2 amide bonds. The number of para-hydroxylation sites is 2. The second kappa shape index (κ2) is 15.7. The van der Waals surface area contributed by atoms with Crippen molar-refractivity contribution in [3.63, 3.8) is 0 Å². The lowest BCUT2D eigenvalue weighted by Gasteiger charge is -2.33. The zero-order chi connectivity index (χ0) is 31.7. The predicted octanol–water partition coefficient (Wildman–Crippen LogP) is 6.52. The lowest BCUT2D eigenvalue weighted by Crippen LogP contribution is -2.53. The van der Waals surface area contributed by atoms with Crippen molar-refractivity contribution >= 4 is 50.9 Å². The fourth-order valence-corrected chi connectivity index (χ4v) is 7.23. The number of hydrogen-bond acceptors (Lipinski definition) is 6. The van der Waals surface area contributed by atoms with Crippen LogP contribution in [0.3, 0.4) is 0 Å². The molecule has 1 saturated carbocycles. The molecule has 1 aliphatic rings. The molecule has 0 spiro atoms. The van der Waals surface area contributed by atoms with Gasteiger partial charge in [0.25, 0.3) is 10.0 Å². The van der Waals surface area contributed by atoms with Gasteiger partial charge in [0.2, 0.25) is 11.8 Å². The summed E-state index contributed by atoms with van der Waals surface area (Å²) in [5.74, 6) is -0.461. The zero-order valence-electron chi connectivity index (χ0n) is 25.4. The Hall–Kier alpha value is -3.21. The van der Waals surface area contributed by atoms with Crippen LogP contribution in [0.15, 0.2) is 82.6 Å². The number of nitrogens with zero attached hydrogens (tertiary/aromatic N) is 2. The molecule has 3 aromatic rings. The number of amides is 2. The number of thioether (sulfide) groups is 1. The molecule has 4 rings (SSSR count). The van der Waals surface area contributed by atoms with Crippen LogP contribution in [0.1, 0.15) is 51.5 Å². The van der Waals surface area contributed by atoms with Gasteiger partial charge in [-0.25, -0.2) is 8.42 Å². The first kappa shape index (κ1) is 33.7. The minimum atomic E-state index is -4.22. The van der Waals surface area contributed by atoms with Crippen molar-refractivity contribution in [1.29, 1.82) is 0 Å². The van der Waals surface area contributed by atoms with E-state index in [9.17, 15) is 18.0 Å². The van der Waals surface area contributed by atoms with Gasteiger partial charge in [0, 0.05) is 22.5 Å². The molecule has 0 bridgehead atoms. The van der Waals surface area contributed by atoms with Gasteiger partial charge in [0.1, 0.15) is 18.3 Å². The van der Waals surface area contributed by atoms with Crippen molar-refractivity contribution in [3.05, 3.63) is 83.4 Å². The van der Waals surface area contributed by atoms with Crippen molar-refractivity contribution in [2.24, 2.45) is 0 Å². The van der Waals surface area contributed by atoms with Crippen LogP contribution in [0, 0.1) is 0 Å². The Morgan fingerprint density at radius 2 is 1.66 bits per heavy atom. The van der Waals surface area contributed by atoms with E-state index in [-0.39, 0.29) is 29.1 Å². The number of nitrogens with one attached hydrogen (secondary N) is 1. The monoisotopic (exact) mass is 657 g/mol. The van der Waals surface area contributed by atoms with Gasteiger partial charge in [-0.2, -0.15) is 0 Å². The third-order valence-corrected chi connectivity index (χ3v) is 10.5. The van der Waals surface area contributed by atoms with E-state index in [1.54, 1.807) is 67.6 Å². The molecule has 3 aromatic carbocycles. The zero-order valence-corrected chi connectivity index (χ0v) is 27.8. The van der Waals surface area contributed by atoms with Crippen LogP contribution in [0.5, 0.6) is 5.75 Å². The molecule has 1 N–H and O–H groups in total. The fourth-order valence-electron chi connectivity index (χ4n) is 5.27. The Morgan fingerprint density at radius 3 is 2.30 bits per heavy atom. The maximum absolute atomic E-state index is 14.3. The number of anilines is 1. The Labute approximate surface area is 270 Å². The summed E-state index contributed by atoms with van der Waals surface area (Å²) in [5, 5.41) is 3.67. The summed E-state index contributed by atoms with van der Waals surface area (Å²) >= 11 is 7.61. The van der Waals surface area contributed by atoms with Gasteiger partial charge in [-0.3, -0.25) is 13.9 Å². The van der Waals surface area contributed by atoms with Crippen molar-refractivity contribution in [3.8, 4) is 5.75 Å². The summed E-state index contributed by atoms with van der Waals surface area (Å²) in [6, 6.07) is 19.5. The molecule has 236 valence electrons. The van der Waals surface area contributed by atoms with E-state index in [0.29, 0.717) is 17.4 Å². The lowest BCUT2D eigenvalue weighted by atomic mass is 9.95. The maximum Gasteiger partial charge on any atom is 0.264 e. The van der Waals surface area contributed by atoms with E-state index < -0.39 is 28.5 Å². The lowest BCUT2D eigenvalue weighted by molar-refractivity contribution is -0.139. The maximum atomic E-state index is 14.3. The number of benzene rings is 3. The number of rotatable bonds is 13. The number of sulfonamides is 1. The molecule has 0 radical (unpaired) electrons. The minimum absolute atomic E-state index is 0.0433. The normalized spacial score (nSPS) is 14.5. The van der Waals surface area contributed by atoms with Crippen molar-refractivity contribution < 1.29 is 22.7 Å². The van der Waals surface area contributed by atoms with Crippen molar-refractivity contribution in [2.75, 3.05) is 23.7 Å². The quantitative estimate of drug-likeness (QED) is 0.210. The van der Waals surface area contributed by atoms with Crippen LogP contribution in [0.25, 0.3) is 0 Å². The molecule has 44 heavy (non-hydrogen) atoms. The van der Waals surface area contributed by atoms with Crippen LogP contribution >= 0.6 is 23.4 Å². The Morgan fingerprint density at radius 1 is 1.00 bits per heavy atom. The molecular formula is C33H40ClN3O5S2. The van der Waals surface area contributed by atoms with Gasteiger partial charge in [-0.05, 0) is 87.0 Å². The van der Waals surface area contributed by atoms with Gasteiger partial charge >= 0.3 is 0 Å². The number of hydrogen-bond donors (Lipinski definition) is 1. The van der Waals surface area contributed by atoms with Gasteiger partial charge in [0.15, 0.2) is 0 Å². The summed E-state index contributed by atoms with van der Waals surface area (Å²) in [5.41, 5.74) is 0.999. The smallest absolute Gasteiger partial charge is 0.264 e. The summed E-state index contributed by atoms with van der Waals surface area (Å²) in [4.78, 5) is 30.1. The van der Waals surface area contributed by atoms with Crippen molar-refractivity contribution in [2.45, 2.75) is 74.4 Å². The molecular weight excluding hydrogens is 618 g/mol. The predicted molar refractivity (Wildman–Crippen MR) is 177 cm³/mol. The van der Waals surface area contributed by atoms with Crippen LogP contribution < -0.4 is 14.4 Å². The van der Waals surface area contributed by atoms with Crippen LogP contribution in [-0.2, 0) is 26.2 Å². The Bertz CT molecular complexity index is 1510. The average molecular weight is 658 g/mol. The minimum Gasteiger partial charge on any atom is -0.492 e. The number of carbonyl (C=O) groups is 2. The van der Waals surface area contributed by atoms with E-state index >= 15 is 0 Å². The van der Waals surface area contributed by atoms with Crippen LogP contribution in [0.4, 0.5) is 5.69 Å². The summed E-state index contributed by atoms with van der Waals surface area (Å²) in [6.07, 6.45) is 6.97. The highest BCUT2D eigenvalue weighted by atomic mass is 35.5. The molecule has 0 aliphatic heterocycles. The van der Waals surface area contributed by atoms with E-state index in [2.05, 4.69) is 5.32 Å². The average Bonchev–Trinajstić information content (AvgIpc) is 3.04. The Kier molecular flexibility index (Phi) is 12.0. The van der Waals surface area contributed by atoms with Gasteiger partial charge < -0.3 is 15.0 Å². The van der Waals surface area contributed by atoms with Gasteiger partial charge in [-0.1, -0.05) is 55.1 Å². The third-order valence-electron chi connectivity index (χ3n) is 7.75. The van der Waals surface area contributed by atoms with E-state index in [1.165, 1.54) is 28.8 Å². The largest absolute Gasteiger partial charge is 0.492 e. The van der Waals surface area contributed by atoms with E-state index in [4.69, 9.17) is 16.3 Å². The molecule has 0 saturated heterocycles. The highest BCUT2D eigenvalue weighted by molar-refractivity contribution is 7.98. The van der Waals surface area contributed by atoms with Crippen LogP contribution in [0.2, 0.25) is 5.02 Å². The molecule has 0 unspecified atom stereocenters. The molecule has 11 heteroatoms. The van der Waals surface area contributed by atoms with E-state index in [1.807, 2.05) is 13.2 Å². The molecule has 1 atom stereocenters. The standard InChI is InChI=1S/C33H40ClN3O5S2/c1-4-42-31-13-9-8-12-30(31)37(44(40,41)29-20-18-28(43-3)19-21-29)23-32(38)36(22-25-14-16-26(34)17-15-25)24(2)33(39)35-27-10-6-5-7-11-27/h8-9,12-21,24,27H,4-7,10-11,22-23H2,1-3H3,(H,35,39)/t24-/m1/s1. The number of halogens is 1. The first-order valence-electron chi connectivity index (χ1n) is 14.9. The second-order valence-electron chi connectivity index (χ2n) is 10.8. The molecule has 1 fully saturated rings. The molecule has 0 heterocycles. The van der Waals surface area contributed by atoms with Crippen molar-refractivity contribution in [1.82, 2.24) is 10.2 Å². The SMILES string of the molecule is CCOc1ccccc1N(CC(=O)N(Cc1ccc(Cl)cc1)[C@H](C)C(=O)NC1CCCCC1)S(=O)(=O)c1ccc(SC)cc1. The molecule has 1 aliphatic carbocycles. The molecule has 0 aromatic heterocycles.